The third kappa shape index (κ3) is 5.84. The minimum atomic E-state index is 0.00219. The van der Waals surface area contributed by atoms with E-state index in [4.69, 9.17) is 0 Å². The molecule has 0 amide bonds. The van der Waals surface area contributed by atoms with Crippen molar-refractivity contribution in [2.24, 2.45) is 5.92 Å². The molecule has 40 heavy (non-hydrogen) atoms. The van der Waals surface area contributed by atoms with E-state index in [1.807, 2.05) is 0 Å². The largest absolute Gasteiger partial charge is 0.338 e. The van der Waals surface area contributed by atoms with Gasteiger partial charge in [0.15, 0.2) is 0 Å². The van der Waals surface area contributed by atoms with E-state index in [-0.39, 0.29) is 5.92 Å². The molecule has 3 nitrogen and oxygen atoms in total. The highest BCUT2D eigenvalue weighted by atomic mass is 16.1. The molecule has 0 spiro atoms. The molecule has 0 aromatic heterocycles. The molecular weight excluding hydrogens is 488 g/mol. The number of rotatable bonds is 8. The van der Waals surface area contributed by atoms with Crippen LogP contribution in [0.15, 0.2) is 143 Å². The van der Waals surface area contributed by atoms with Crippen molar-refractivity contribution in [3.05, 3.63) is 143 Å². The Bertz CT molecular complexity index is 1370. The van der Waals surface area contributed by atoms with Crippen LogP contribution in [0, 0.1) is 5.92 Å². The molecular formula is C37H40N2O. The summed E-state index contributed by atoms with van der Waals surface area (Å²) in [4.78, 5) is 16.4. The first-order valence-corrected chi connectivity index (χ1v) is 15.1. The van der Waals surface area contributed by atoms with E-state index in [0.717, 1.165) is 64.1 Å². The first kappa shape index (κ1) is 26.4. The highest BCUT2D eigenvalue weighted by molar-refractivity contribution is 5.58. The Morgan fingerprint density at radius 1 is 0.600 bits per heavy atom. The number of nitrogens with zero attached hydrogens (tertiary/aromatic N) is 2. The summed E-state index contributed by atoms with van der Waals surface area (Å²) in [5.74, 6) is 0.00219. The van der Waals surface area contributed by atoms with E-state index in [0.29, 0.717) is 12.1 Å². The maximum absolute atomic E-state index is 11.3. The standard InChI is InChI=1S/C37H40N2O/c40-28-29-16-22-35(23-17-29)39(34-14-8-3-9-15-34)37-26-20-31(21-27-37)30-18-24-36(25-19-30)38(32-10-4-1-5-11-32)33-12-6-2-7-13-33/h1,3-6,8-10,12-14,16,18,20,22-24,26,28-29,32,34H,2,7,11,15,17,19,21,25,27H2. The van der Waals surface area contributed by atoms with E-state index in [9.17, 15) is 4.79 Å². The van der Waals surface area contributed by atoms with Crippen LogP contribution in [0.4, 0.5) is 0 Å². The van der Waals surface area contributed by atoms with Gasteiger partial charge in [-0.15, -0.1) is 0 Å². The molecule has 0 aromatic rings. The van der Waals surface area contributed by atoms with Crippen LogP contribution in [0.3, 0.4) is 0 Å². The van der Waals surface area contributed by atoms with Gasteiger partial charge in [-0.2, -0.15) is 0 Å². The van der Waals surface area contributed by atoms with E-state index in [1.165, 1.54) is 33.9 Å². The molecule has 6 aliphatic rings. The summed E-state index contributed by atoms with van der Waals surface area (Å²) in [6.45, 7) is 0. The van der Waals surface area contributed by atoms with Gasteiger partial charge in [-0.25, -0.2) is 0 Å². The van der Waals surface area contributed by atoms with Crippen molar-refractivity contribution in [1.29, 1.82) is 0 Å². The van der Waals surface area contributed by atoms with Gasteiger partial charge in [-0.3, -0.25) is 0 Å². The summed E-state index contributed by atoms with van der Waals surface area (Å²) in [6.07, 6.45) is 51.2. The van der Waals surface area contributed by atoms with Crippen molar-refractivity contribution < 1.29 is 4.79 Å². The quantitative estimate of drug-likeness (QED) is 0.295. The maximum atomic E-state index is 11.3. The third-order valence-corrected chi connectivity index (χ3v) is 8.69. The predicted octanol–water partition coefficient (Wildman–Crippen LogP) is 8.46. The van der Waals surface area contributed by atoms with Gasteiger partial charge in [0.1, 0.15) is 6.29 Å². The Hall–Kier alpha value is -3.85. The van der Waals surface area contributed by atoms with Crippen LogP contribution in [0.1, 0.15) is 57.8 Å². The normalized spacial score (nSPS) is 27.2. The lowest BCUT2D eigenvalue weighted by Crippen LogP contribution is -2.34. The smallest absolute Gasteiger partial charge is 0.127 e. The van der Waals surface area contributed by atoms with Gasteiger partial charge in [0.2, 0.25) is 0 Å². The summed E-state index contributed by atoms with van der Waals surface area (Å²) >= 11 is 0. The van der Waals surface area contributed by atoms with E-state index >= 15 is 0 Å². The number of carbonyl (C=O) groups is 1. The molecule has 3 unspecified atom stereocenters. The number of aldehydes is 1. The number of hydrogen-bond donors (Lipinski definition) is 0. The molecule has 204 valence electrons. The molecule has 0 fully saturated rings. The predicted molar refractivity (Wildman–Crippen MR) is 166 cm³/mol. The number of carbonyl (C=O) groups excluding carboxylic acids is 1. The first-order valence-electron chi connectivity index (χ1n) is 15.1. The fraction of sp³-hybridized carbons (Fsp3) is 0.324. The minimum Gasteiger partial charge on any atom is -0.338 e. The van der Waals surface area contributed by atoms with Gasteiger partial charge in [0, 0.05) is 28.7 Å². The van der Waals surface area contributed by atoms with Gasteiger partial charge < -0.3 is 14.6 Å². The second-order valence-corrected chi connectivity index (χ2v) is 11.3. The number of allylic oxidation sites excluding steroid dienone is 18. The van der Waals surface area contributed by atoms with Crippen LogP contribution in [-0.2, 0) is 4.79 Å². The van der Waals surface area contributed by atoms with E-state index < -0.39 is 0 Å². The Morgan fingerprint density at radius 2 is 1.23 bits per heavy atom. The second-order valence-electron chi connectivity index (χ2n) is 11.3. The molecule has 0 aliphatic heterocycles. The SMILES string of the molecule is O=CC1C=CC(N(C2=CC=C(C3=CC=C(N(C4=CCCC=C4)C4C=CC=CC4)CC3)CC2)C2C=CC=CC2)=CC1. The molecule has 0 bridgehead atoms. The van der Waals surface area contributed by atoms with Crippen molar-refractivity contribution in [2.75, 3.05) is 0 Å². The molecule has 6 aliphatic carbocycles. The molecule has 0 heterocycles. The Morgan fingerprint density at radius 3 is 1.65 bits per heavy atom. The highest BCUT2D eigenvalue weighted by Crippen LogP contribution is 2.37. The fourth-order valence-electron chi connectivity index (χ4n) is 6.53. The van der Waals surface area contributed by atoms with E-state index in [1.54, 1.807) is 0 Å². The molecule has 3 heteroatoms. The monoisotopic (exact) mass is 528 g/mol. The first-order chi connectivity index (χ1) is 19.8. The van der Waals surface area contributed by atoms with Crippen molar-refractivity contribution >= 4 is 6.29 Å². The van der Waals surface area contributed by atoms with Gasteiger partial charge in [-0.1, -0.05) is 85.1 Å². The van der Waals surface area contributed by atoms with Crippen molar-refractivity contribution in [3.63, 3.8) is 0 Å². The van der Waals surface area contributed by atoms with Crippen LogP contribution in [-0.4, -0.2) is 28.2 Å². The summed E-state index contributed by atoms with van der Waals surface area (Å²) in [5.41, 5.74) is 8.29. The van der Waals surface area contributed by atoms with Crippen LogP contribution < -0.4 is 0 Å². The lowest BCUT2D eigenvalue weighted by Gasteiger charge is -2.38. The summed E-state index contributed by atoms with van der Waals surface area (Å²) in [6, 6.07) is 0.700. The van der Waals surface area contributed by atoms with Gasteiger partial charge in [-0.05, 0) is 93.2 Å². The Kier molecular flexibility index (Phi) is 8.28. The lowest BCUT2D eigenvalue weighted by molar-refractivity contribution is -0.109. The Balaban J connectivity index is 1.23. The topological polar surface area (TPSA) is 23.6 Å². The molecule has 0 radical (unpaired) electrons. The van der Waals surface area contributed by atoms with Crippen LogP contribution in [0.5, 0.6) is 0 Å². The average Bonchev–Trinajstić information content (AvgIpc) is 3.04. The molecule has 0 N–H and O–H groups in total. The average molecular weight is 529 g/mol. The summed E-state index contributed by atoms with van der Waals surface area (Å²) in [5, 5.41) is 0. The van der Waals surface area contributed by atoms with Crippen molar-refractivity contribution in [3.8, 4) is 0 Å². The van der Waals surface area contributed by atoms with Crippen LogP contribution in [0.2, 0.25) is 0 Å². The number of hydrogen-bond acceptors (Lipinski definition) is 3. The molecule has 0 saturated heterocycles. The summed E-state index contributed by atoms with van der Waals surface area (Å²) in [7, 11) is 0. The van der Waals surface area contributed by atoms with Crippen molar-refractivity contribution in [2.45, 2.75) is 69.9 Å². The van der Waals surface area contributed by atoms with E-state index in [2.05, 4.69) is 119 Å². The zero-order valence-corrected chi connectivity index (χ0v) is 23.4. The second kappa shape index (κ2) is 12.6. The molecule has 0 aromatic carbocycles. The van der Waals surface area contributed by atoms with Gasteiger partial charge in [0.25, 0.3) is 0 Å². The molecule has 6 rings (SSSR count). The highest BCUT2D eigenvalue weighted by Gasteiger charge is 2.27. The van der Waals surface area contributed by atoms with Crippen molar-refractivity contribution in [1.82, 2.24) is 9.80 Å². The van der Waals surface area contributed by atoms with Crippen LogP contribution >= 0.6 is 0 Å². The molecule has 0 saturated carbocycles. The van der Waals surface area contributed by atoms with Gasteiger partial charge in [0.05, 0.1) is 12.1 Å². The molecule has 3 atom stereocenters. The zero-order valence-electron chi connectivity index (χ0n) is 23.4. The Labute approximate surface area is 239 Å². The third-order valence-electron chi connectivity index (χ3n) is 8.69. The van der Waals surface area contributed by atoms with Gasteiger partial charge >= 0.3 is 0 Å². The minimum absolute atomic E-state index is 0.00219. The lowest BCUT2D eigenvalue weighted by atomic mass is 9.88. The maximum Gasteiger partial charge on any atom is 0.127 e. The summed E-state index contributed by atoms with van der Waals surface area (Å²) < 4.78 is 0. The fourth-order valence-corrected chi connectivity index (χ4v) is 6.53. The zero-order chi connectivity index (χ0) is 27.1. The van der Waals surface area contributed by atoms with Crippen LogP contribution in [0.25, 0.3) is 0 Å².